The molecule has 1 amide bonds. The Morgan fingerprint density at radius 3 is 2.61 bits per heavy atom. The second kappa shape index (κ2) is 5.42. The van der Waals surface area contributed by atoms with Crippen LogP contribution in [0.4, 0.5) is 4.39 Å². The summed E-state index contributed by atoms with van der Waals surface area (Å²) < 4.78 is 15.3. The van der Waals surface area contributed by atoms with E-state index >= 15 is 0 Å². The van der Waals surface area contributed by atoms with Gasteiger partial charge in [0.2, 0.25) is 5.91 Å². The normalized spacial score (nSPS) is 19.3. The Bertz CT molecular complexity index is 737. The minimum atomic E-state index is -0.578. The van der Waals surface area contributed by atoms with Crippen molar-refractivity contribution in [1.29, 1.82) is 0 Å². The van der Waals surface area contributed by atoms with Gasteiger partial charge in [0.1, 0.15) is 23.5 Å². The summed E-state index contributed by atoms with van der Waals surface area (Å²) in [6.07, 6.45) is 2.36. The molecule has 7 heteroatoms. The van der Waals surface area contributed by atoms with E-state index in [1.807, 2.05) is 4.90 Å². The number of nitrogens with zero attached hydrogens (tertiary/aromatic N) is 4. The first-order chi connectivity index (χ1) is 11.1. The van der Waals surface area contributed by atoms with Crippen molar-refractivity contribution in [2.75, 3.05) is 6.54 Å². The maximum atomic E-state index is 13.1. The lowest BCUT2D eigenvalue weighted by Gasteiger charge is -2.33. The highest BCUT2D eigenvalue weighted by Crippen LogP contribution is 2.40. The SMILES string of the molecule is NC(=O)C(c1ccc(F)cc1)N1CCn2c(nnc2C2CC2)C1. The van der Waals surface area contributed by atoms with E-state index in [0.29, 0.717) is 24.6 Å². The maximum absolute atomic E-state index is 13.1. The van der Waals surface area contributed by atoms with E-state index in [1.54, 1.807) is 12.1 Å². The molecular weight excluding hydrogens is 297 g/mol. The Hall–Kier alpha value is -2.28. The molecule has 1 aromatic carbocycles. The van der Waals surface area contributed by atoms with Gasteiger partial charge in [-0.1, -0.05) is 12.1 Å². The number of carbonyl (C=O) groups is 1. The van der Waals surface area contributed by atoms with Crippen molar-refractivity contribution in [3.63, 3.8) is 0 Å². The number of aromatic nitrogens is 3. The van der Waals surface area contributed by atoms with E-state index in [-0.39, 0.29) is 5.82 Å². The number of fused-ring (bicyclic) bond motifs is 1. The average molecular weight is 315 g/mol. The first-order valence-electron chi connectivity index (χ1n) is 7.84. The Kier molecular flexibility index (Phi) is 3.37. The van der Waals surface area contributed by atoms with Crippen LogP contribution in [0.5, 0.6) is 0 Å². The van der Waals surface area contributed by atoms with Gasteiger partial charge in [0.05, 0.1) is 6.54 Å². The molecule has 2 aliphatic rings. The Labute approximate surface area is 133 Å². The van der Waals surface area contributed by atoms with Crippen molar-refractivity contribution in [3.8, 4) is 0 Å². The second-order valence-corrected chi connectivity index (χ2v) is 6.23. The summed E-state index contributed by atoms with van der Waals surface area (Å²) in [7, 11) is 0. The fourth-order valence-corrected chi connectivity index (χ4v) is 3.26. The van der Waals surface area contributed by atoms with Crippen LogP contribution in [-0.4, -0.2) is 32.1 Å². The van der Waals surface area contributed by atoms with Crippen LogP contribution in [0.15, 0.2) is 24.3 Å². The Balaban J connectivity index is 1.60. The van der Waals surface area contributed by atoms with Gasteiger partial charge in [-0.05, 0) is 30.5 Å². The van der Waals surface area contributed by atoms with Gasteiger partial charge in [0.15, 0.2) is 0 Å². The molecule has 2 heterocycles. The number of amides is 1. The molecule has 6 nitrogen and oxygen atoms in total. The molecule has 2 aromatic rings. The molecule has 120 valence electrons. The van der Waals surface area contributed by atoms with Gasteiger partial charge in [-0.25, -0.2) is 4.39 Å². The average Bonchev–Trinajstić information content (AvgIpc) is 3.29. The summed E-state index contributed by atoms with van der Waals surface area (Å²) in [5.41, 5.74) is 6.31. The van der Waals surface area contributed by atoms with Crippen LogP contribution in [0.3, 0.4) is 0 Å². The van der Waals surface area contributed by atoms with Crippen LogP contribution >= 0.6 is 0 Å². The predicted molar refractivity (Wildman–Crippen MR) is 80.7 cm³/mol. The lowest BCUT2D eigenvalue weighted by atomic mass is 10.0. The van der Waals surface area contributed by atoms with Gasteiger partial charge in [0, 0.05) is 19.0 Å². The molecule has 4 rings (SSSR count). The largest absolute Gasteiger partial charge is 0.368 e. The fourth-order valence-electron chi connectivity index (χ4n) is 3.26. The van der Waals surface area contributed by atoms with Crippen molar-refractivity contribution < 1.29 is 9.18 Å². The zero-order chi connectivity index (χ0) is 16.0. The van der Waals surface area contributed by atoms with E-state index in [9.17, 15) is 9.18 Å². The summed E-state index contributed by atoms with van der Waals surface area (Å²) in [6, 6.07) is 5.34. The maximum Gasteiger partial charge on any atom is 0.239 e. The third-order valence-corrected chi connectivity index (χ3v) is 4.57. The summed E-state index contributed by atoms with van der Waals surface area (Å²) in [4.78, 5) is 13.9. The number of hydrogen-bond acceptors (Lipinski definition) is 4. The standard InChI is InChI=1S/C16H18FN5O/c17-12-5-3-10(4-6-12)14(15(18)23)21-7-8-22-13(9-21)19-20-16(22)11-1-2-11/h3-6,11,14H,1-2,7-9H2,(H2,18,23). The van der Waals surface area contributed by atoms with Crippen LogP contribution in [0.1, 0.15) is 42.0 Å². The van der Waals surface area contributed by atoms with Crippen molar-refractivity contribution >= 4 is 5.91 Å². The first kappa shape index (κ1) is 14.3. The minimum Gasteiger partial charge on any atom is -0.368 e. The summed E-state index contributed by atoms with van der Waals surface area (Å²) in [5.74, 6) is 1.71. The molecule has 2 N–H and O–H groups in total. The van der Waals surface area contributed by atoms with Crippen LogP contribution in [0.2, 0.25) is 0 Å². The molecule has 0 saturated heterocycles. The summed E-state index contributed by atoms with van der Waals surface area (Å²) in [5, 5.41) is 8.58. The molecule has 0 spiro atoms. The number of primary amides is 1. The highest BCUT2D eigenvalue weighted by atomic mass is 19.1. The van der Waals surface area contributed by atoms with Crippen LogP contribution in [-0.2, 0) is 17.9 Å². The van der Waals surface area contributed by atoms with Gasteiger partial charge >= 0.3 is 0 Å². The topological polar surface area (TPSA) is 77.0 Å². The number of nitrogens with two attached hydrogens (primary N) is 1. The van der Waals surface area contributed by atoms with E-state index < -0.39 is 11.9 Å². The number of benzene rings is 1. The smallest absolute Gasteiger partial charge is 0.239 e. The molecule has 1 unspecified atom stereocenters. The van der Waals surface area contributed by atoms with Crippen molar-refractivity contribution in [2.45, 2.75) is 37.9 Å². The van der Waals surface area contributed by atoms with Crippen molar-refractivity contribution in [3.05, 3.63) is 47.3 Å². The van der Waals surface area contributed by atoms with Gasteiger partial charge in [-0.15, -0.1) is 10.2 Å². The highest BCUT2D eigenvalue weighted by Gasteiger charge is 2.34. The summed E-state index contributed by atoms with van der Waals surface area (Å²) >= 11 is 0. The van der Waals surface area contributed by atoms with Gasteiger partial charge in [-0.3, -0.25) is 9.69 Å². The number of rotatable bonds is 4. The number of carbonyl (C=O) groups excluding carboxylic acids is 1. The third kappa shape index (κ3) is 2.61. The Morgan fingerprint density at radius 1 is 1.22 bits per heavy atom. The molecule has 1 fully saturated rings. The number of hydrogen-bond donors (Lipinski definition) is 1. The predicted octanol–water partition coefficient (Wildman–Crippen LogP) is 1.34. The van der Waals surface area contributed by atoms with Crippen LogP contribution < -0.4 is 5.73 Å². The van der Waals surface area contributed by atoms with E-state index in [4.69, 9.17) is 5.73 Å². The molecule has 1 aromatic heterocycles. The molecule has 1 atom stereocenters. The molecule has 1 saturated carbocycles. The zero-order valence-electron chi connectivity index (χ0n) is 12.7. The van der Waals surface area contributed by atoms with Crippen molar-refractivity contribution in [1.82, 2.24) is 19.7 Å². The molecule has 0 radical (unpaired) electrons. The Morgan fingerprint density at radius 2 is 1.96 bits per heavy atom. The van der Waals surface area contributed by atoms with Crippen LogP contribution in [0, 0.1) is 5.82 Å². The van der Waals surface area contributed by atoms with E-state index in [2.05, 4.69) is 14.8 Å². The fraction of sp³-hybridized carbons (Fsp3) is 0.438. The minimum absolute atomic E-state index is 0.329. The number of halogens is 1. The zero-order valence-corrected chi connectivity index (χ0v) is 12.7. The quantitative estimate of drug-likeness (QED) is 0.923. The molecule has 0 bridgehead atoms. The molecule has 1 aliphatic heterocycles. The van der Waals surface area contributed by atoms with Gasteiger partial charge in [0.25, 0.3) is 0 Å². The molecular formula is C16H18FN5O. The molecule has 1 aliphatic carbocycles. The highest BCUT2D eigenvalue weighted by molar-refractivity contribution is 5.81. The van der Waals surface area contributed by atoms with Crippen LogP contribution in [0.25, 0.3) is 0 Å². The first-order valence-corrected chi connectivity index (χ1v) is 7.84. The monoisotopic (exact) mass is 315 g/mol. The molecule has 23 heavy (non-hydrogen) atoms. The van der Waals surface area contributed by atoms with E-state index in [0.717, 1.165) is 18.2 Å². The van der Waals surface area contributed by atoms with E-state index in [1.165, 1.54) is 25.0 Å². The summed E-state index contributed by atoms with van der Waals surface area (Å²) in [6.45, 7) is 1.96. The third-order valence-electron chi connectivity index (χ3n) is 4.57. The van der Waals surface area contributed by atoms with Gasteiger partial charge < -0.3 is 10.3 Å². The van der Waals surface area contributed by atoms with Crippen molar-refractivity contribution in [2.24, 2.45) is 5.73 Å². The lowest BCUT2D eigenvalue weighted by molar-refractivity contribution is -0.124. The lowest BCUT2D eigenvalue weighted by Crippen LogP contribution is -2.42. The van der Waals surface area contributed by atoms with Gasteiger partial charge in [-0.2, -0.15) is 0 Å². The second-order valence-electron chi connectivity index (χ2n) is 6.23.